The third-order valence-electron chi connectivity index (χ3n) is 9.43. The van der Waals surface area contributed by atoms with Crippen LogP contribution in [0.25, 0.3) is 0 Å². The monoisotopic (exact) mass is 693 g/mol. The van der Waals surface area contributed by atoms with E-state index < -0.39 is 87.3 Å². The third-order valence-corrected chi connectivity index (χ3v) is 9.43. The van der Waals surface area contributed by atoms with Crippen LogP contribution in [0.5, 0.6) is 0 Å². The van der Waals surface area contributed by atoms with Crippen LogP contribution in [0.3, 0.4) is 0 Å². The number of alkyl halides is 3. The molecule has 0 saturated heterocycles. The molecule has 8 nitrogen and oxygen atoms in total. The zero-order valence-electron chi connectivity index (χ0n) is 32.8. The second-order valence-corrected chi connectivity index (χ2v) is 18.1. The van der Waals surface area contributed by atoms with Crippen LogP contribution in [-0.4, -0.2) is 63.3 Å². The predicted molar refractivity (Wildman–Crippen MR) is 182 cm³/mol. The predicted octanol–water partition coefficient (Wildman–Crippen LogP) is 8.66. The molecule has 0 saturated carbocycles. The van der Waals surface area contributed by atoms with E-state index in [0.29, 0.717) is 6.92 Å². The minimum absolute atomic E-state index is 0.0776. The van der Waals surface area contributed by atoms with E-state index >= 15 is 0 Å². The average Bonchev–Trinajstić information content (AvgIpc) is 2.83. The van der Waals surface area contributed by atoms with E-state index in [9.17, 15) is 37.5 Å². The van der Waals surface area contributed by atoms with Gasteiger partial charge in [0.05, 0.1) is 11.3 Å². The summed E-state index contributed by atoms with van der Waals surface area (Å²) in [6.45, 7) is 28.8. The van der Waals surface area contributed by atoms with Gasteiger partial charge >= 0.3 is 18.1 Å². The maximum Gasteiger partial charge on any atom is 0.417 e. The molecule has 0 heterocycles. The summed E-state index contributed by atoms with van der Waals surface area (Å²) in [4.78, 5) is 56.9. The molecule has 0 spiro atoms. The van der Waals surface area contributed by atoms with Crippen molar-refractivity contribution < 1.29 is 46.9 Å². The summed E-state index contributed by atoms with van der Waals surface area (Å²) in [5.41, 5.74) is -8.03. The van der Waals surface area contributed by atoms with Crippen molar-refractivity contribution >= 4 is 23.8 Å². The van der Waals surface area contributed by atoms with Gasteiger partial charge in [-0.25, -0.2) is 0 Å². The molecule has 48 heavy (non-hydrogen) atoms. The standard InChI is InChI=1S/C37H66F3NO7/c1-18-25(27(42)47-26(19-23(2)3)21-36(17,46)37(38,39)40)20-35(16,29(44)41(24(4)5)28(43)31(6,7)8)22-33(12,13)30(45)48-34(14,15)32(9,10)11/h23-26,46H,18-22H2,1-17H3. The van der Waals surface area contributed by atoms with Crippen LogP contribution in [0.1, 0.15) is 150 Å². The van der Waals surface area contributed by atoms with Crippen LogP contribution in [0, 0.1) is 33.5 Å². The lowest BCUT2D eigenvalue weighted by molar-refractivity contribution is -0.262. The van der Waals surface area contributed by atoms with Crippen molar-refractivity contribution in [2.24, 2.45) is 33.5 Å². The Labute approximate surface area is 288 Å². The van der Waals surface area contributed by atoms with E-state index in [1.165, 1.54) is 4.90 Å². The van der Waals surface area contributed by atoms with Crippen LogP contribution in [-0.2, 0) is 28.7 Å². The van der Waals surface area contributed by atoms with E-state index in [4.69, 9.17) is 9.47 Å². The molecule has 4 atom stereocenters. The molecule has 11 heteroatoms. The molecule has 0 bridgehead atoms. The van der Waals surface area contributed by atoms with Gasteiger partial charge in [-0.2, -0.15) is 13.2 Å². The molecule has 4 unspecified atom stereocenters. The molecule has 0 rings (SSSR count). The highest BCUT2D eigenvalue weighted by atomic mass is 19.4. The fourth-order valence-corrected chi connectivity index (χ4v) is 5.48. The van der Waals surface area contributed by atoms with Crippen LogP contribution in [0.15, 0.2) is 0 Å². The molecule has 0 radical (unpaired) electrons. The van der Waals surface area contributed by atoms with Gasteiger partial charge in [0.2, 0.25) is 11.8 Å². The van der Waals surface area contributed by atoms with E-state index in [-0.39, 0.29) is 31.6 Å². The van der Waals surface area contributed by atoms with E-state index in [2.05, 4.69) is 0 Å². The first-order valence-corrected chi connectivity index (χ1v) is 17.2. The van der Waals surface area contributed by atoms with Gasteiger partial charge < -0.3 is 14.6 Å². The highest BCUT2D eigenvalue weighted by molar-refractivity contribution is 6.00. The molecule has 0 aliphatic heterocycles. The zero-order valence-corrected chi connectivity index (χ0v) is 32.8. The number of halogens is 3. The summed E-state index contributed by atoms with van der Waals surface area (Å²) in [7, 11) is 0. The molecular formula is C37H66F3NO7. The molecule has 0 aromatic carbocycles. The Morgan fingerprint density at radius 3 is 1.60 bits per heavy atom. The number of rotatable bonds is 15. The maximum absolute atomic E-state index is 14.6. The van der Waals surface area contributed by atoms with Crippen LogP contribution < -0.4 is 0 Å². The number of hydrogen-bond acceptors (Lipinski definition) is 7. The number of amides is 2. The van der Waals surface area contributed by atoms with Crippen molar-refractivity contribution in [1.29, 1.82) is 0 Å². The van der Waals surface area contributed by atoms with Crippen LogP contribution in [0.4, 0.5) is 13.2 Å². The second kappa shape index (κ2) is 15.8. The Balaban J connectivity index is 6.96. The Hall–Kier alpha value is -2.17. The van der Waals surface area contributed by atoms with Crippen molar-refractivity contribution in [1.82, 2.24) is 4.90 Å². The third kappa shape index (κ3) is 12.3. The molecule has 0 aliphatic rings. The van der Waals surface area contributed by atoms with Crippen molar-refractivity contribution in [3.63, 3.8) is 0 Å². The first kappa shape index (κ1) is 45.8. The van der Waals surface area contributed by atoms with Gasteiger partial charge in [-0.3, -0.25) is 24.1 Å². The molecular weight excluding hydrogens is 627 g/mol. The lowest BCUT2D eigenvalue weighted by atomic mass is 9.68. The molecule has 0 aromatic heterocycles. The van der Waals surface area contributed by atoms with Gasteiger partial charge in [0.15, 0.2) is 5.60 Å². The van der Waals surface area contributed by atoms with Crippen LogP contribution in [0.2, 0.25) is 0 Å². The largest absolute Gasteiger partial charge is 0.462 e. The maximum atomic E-state index is 14.6. The lowest BCUT2D eigenvalue weighted by Gasteiger charge is -2.44. The molecule has 2 amide bonds. The van der Waals surface area contributed by atoms with Gasteiger partial charge in [0.25, 0.3) is 0 Å². The highest BCUT2D eigenvalue weighted by Gasteiger charge is 2.53. The topological polar surface area (TPSA) is 110 Å². The first-order chi connectivity index (χ1) is 21.1. The number of imide groups is 1. The SMILES string of the molecule is CCC(CC(C)(CC(C)(C)C(=O)OC(C)(C)C(C)(C)C)C(=O)N(C(=O)C(C)(C)C)C(C)C)C(=O)OC(CC(C)C)CC(C)(O)C(F)(F)F. The fraction of sp³-hybridized carbons (Fsp3) is 0.892. The Morgan fingerprint density at radius 1 is 0.771 bits per heavy atom. The molecule has 282 valence electrons. The molecule has 0 aliphatic carbocycles. The van der Waals surface area contributed by atoms with Crippen molar-refractivity contribution in [3.8, 4) is 0 Å². The summed E-state index contributed by atoms with van der Waals surface area (Å²) in [6, 6.07) is -0.550. The number of nitrogens with zero attached hydrogens (tertiary/aromatic N) is 1. The summed E-state index contributed by atoms with van der Waals surface area (Å²) in [5, 5.41) is 10.2. The van der Waals surface area contributed by atoms with E-state index in [0.717, 1.165) is 0 Å². The van der Waals surface area contributed by atoms with Gasteiger partial charge in [-0.15, -0.1) is 0 Å². The van der Waals surface area contributed by atoms with Crippen LogP contribution >= 0.6 is 0 Å². The lowest BCUT2D eigenvalue weighted by Crippen LogP contribution is -2.55. The second-order valence-electron chi connectivity index (χ2n) is 18.1. The van der Waals surface area contributed by atoms with Gasteiger partial charge in [-0.05, 0) is 80.1 Å². The summed E-state index contributed by atoms with van der Waals surface area (Å²) < 4.78 is 52.4. The Bertz CT molecular complexity index is 1130. The molecule has 0 fully saturated rings. The van der Waals surface area contributed by atoms with Gasteiger partial charge in [0, 0.05) is 28.7 Å². The normalized spacial score (nSPS) is 17.3. The van der Waals surface area contributed by atoms with Gasteiger partial charge in [-0.1, -0.05) is 69.2 Å². The number of carbonyl (C=O) groups excluding carboxylic acids is 4. The Morgan fingerprint density at radius 2 is 1.25 bits per heavy atom. The van der Waals surface area contributed by atoms with E-state index in [1.54, 1.807) is 90.0 Å². The average molecular weight is 694 g/mol. The summed E-state index contributed by atoms with van der Waals surface area (Å²) >= 11 is 0. The zero-order chi connectivity index (χ0) is 38.6. The minimum Gasteiger partial charge on any atom is -0.462 e. The molecule has 1 N–H and O–H groups in total. The highest BCUT2D eigenvalue weighted by Crippen LogP contribution is 2.45. The minimum atomic E-state index is -4.94. The van der Waals surface area contributed by atoms with Gasteiger partial charge in [0.1, 0.15) is 11.7 Å². The summed E-state index contributed by atoms with van der Waals surface area (Å²) in [6.07, 6.45) is -7.03. The quantitative estimate of drug-likeness (QED) is 0.171. The first-order valence-electron chi connectivity index (χ1n) is 17.2. The summed E-state index contributed by atoms with van der Waals surface area (Å²) in [5.74, 6) is -3.48. The van der Waals surface area contributed by atoms with E-state index in [1.807, 2.05) is 20.8 Å². The number of ether oxygens (including phenoxy) is 2. The smallest absolute Gasteiger partial charge is 0.417 e. The number of aliphatic hydroxyl groups is 1. The number of carbonyl (C=O) groups is 4. The van der Waals surface area contributed by atoms with Crippen molar-refractivity contribution in [3.05, 3.63) is 0 Å². The number of hydrogen-bond donors (Lipinski definition) is 1. The van der Waals surface area contributed by atoms with Crippen molar-refractivity contribution in [2.45, 2.75) is 179 Å². The molecule has 0 aromatic rings. The fourth-order valence-electron chi connectivity index (χ4n) is 5.48. The van der Waals surface area contributed by atoms with Crippen molar-refractivity contribution in [2.75, 3.05) is 0 Å². The Kier molecular flexibility index (Phi) is 15.1. The number of esters is 2.